The molecule has 1 aromatic carbocycles. The Morgan fingerprint density at radius 1 is 1.37 bits per heavy atom. The first-order chi connectivity index (χ1) is 8.80. The van der Waals surface area contributed by atoms with Gasteiger partial charge in [-0.3, -0.25) is 14.4 Å². The van der Waals surface area contributed by atoms with Crippen LogP contribution in [0, 0.1) is 0 Å². The Kier molecular flexibility index (Phi) is 3.10. The number of benzene rings is 1. The number of carbonyl (C=O) groups is 2. The lowest BCUT2D eigenvalue weighted by Gasteiger charge is -2.16. The van der Waals surface area contributed by atoms with Crippen molar-refractivity contribution >= 4 is 17.5 Å². The second-order valence-corrected chi connectivity index (χ2v) is 5.21. The first-order valence-corrected chi connectivity index (χ1v) is 6.05. The van der Waals surface area contributed by atoms with Crippen LogP contribution in [0.2, 0.25) is 0 Å². The van der Waals surface area contributed by atoms with Crippen LogP contribution in [0.1, 0.15) is 29.8 Å². The Bertz CT molecular complexity index is 552. The number of amides is 2. The van der Waals surface area contributed by atoms with E-state index in [0.717, 1.165) is 16.3 Å². The minimum atomic E-state index is -0.543. The lowest BCUT2D eigenvalue weighted by molar-refractivity contribution is -0.121. The van der Waals surface area contributed by atoms with Gasteiger partial charge in [0.15, 0.2) is 0 Å². The van der Waals surface area contributed by atoms with Gasteiger partial charge in [0.2, 0.25) is 5.91 Å². The summed E-state index contributed by atoms with van der Waals surface area (Å²) in [6.45, 7) is 3.78. The van der Waals surface area contributed by atoms with Gasteiger partial charge in [-0.15, -0.1) is 0 Å². The highest BCUT2D eigenvalue weighted by atomic mass is 16.7. The van der Waals surface area contributed by atoms with Crippen LogP contribution in [-0.4, -0.2) is 38.1 Å². The van der Waals surface area contributed by atoms with Gasteiger partial charge in [0.05, 0.1) is 12.5 Å². The van der Waals surface area contributed by atoms with Crippen molar-refractivity contribution < 1.29 is 14.4 Å². The van der Waals surface area contributed by atoms with Crippen molar-refractivity contribution in [3.05, 3.63) is 29.3 Å². The van der Waals surface area contributed by atoms with Crippen LogP contribution >= 0.6 is 0 Å². The number of nitrogens with zero attached hydrogens (tertiary/aromatic N) is 2. The molecule has 0 unspecified atom stereocenters. The maximum absolute atomic E-state index is 12.2. The number of hydroxylamine groups is 2. The van der Waals surface area contributed by atoms with Gasteiger partial charge >= 0.3 is 0 Å². The Morgan fingerprint density at radius 3 is 2.58 bits per heavy atom. The molecule has 5 heteroatoms. The highest BCUT2D eigenvalue weighted by molar-refractivity contribution is 6.08. The normalized spacial score (nSPS) is 16.5. The molecule has 102 valence electrons. The Hall–Kier alpha value is -1.88. The van der Waals surface area contributed by atoms with Crippen LogP contribution in [0.4, 0.5) is 5.69 Å². The molecular formula is C14H18N2O3. The third-order valence-electron chi connectivity index (χ3n) is 3.68. The molecule has 2 rings (SSSR count). The van der Waals surface area contributed by atoms with Crippen molar-refractivity contribution in [1.29, 1.82) is 0 Å². The lowest BCUT2D eigenvalue weighted by atomic mass is 9.86. The number of carbonyl (C=O) groups excluding carboxylic acids is 2. The van der Waals surface area contributed by atoms with E-state index in [1.165, 1.54) is 7.11 Å². The maximum atomic E-state index is 12.2. The number of fused-ring (bicyclic) bond motifs is 1. The van der Waals surface area contributed by atoms with Gasteiger partial charge in [0, 0.05) is 25.3 Å². The summed E-state index contributed by atoms with van der Waals surface area (Å²) in [4.78, 5) is 30.7. The van der Waals surface area contributed by atoms with Crippen LogP contribution in [0.25, 0.3) is 0 Å². The summed E-state index contributed by atoms with van der Waals surface area (Å²) in [5.41, 5.74) is 1.68. The van der Waals surface area contributed by atoms with E-state index in [-0.39, 0.29) is 11.8 Å². The smallest absolute Gasteiger partial charge is 0.277 e. The van der Waals surface area contributed by atoms with Gasteiger partial charge < -0.3 is 4.90 Å². The molecule has 0 aliphatic carbocycles. The number of rotatable bonds is 2. The molecule has 5 nitrogen and oxygen atoms in total. The Labute approximate surface area is 112 Å². The second kappa shape index (κ2) is 4.35. The van der Waals surface area contributed by atoms with Gasteiger partial charge in [-0.25, -0.2) is 5.06 Å². The van der Waals surface area contributed by atoms with E-state index in [2.05, 4.69) is 0 Å². The molecule has 0 aromatic heterocycles. The highest BCUT2D eigenvalue weighted by Crippen LogP contribution is 2.41. The van der Waals surface area contributed by atoms with Crippen LogP contribution in [0.3, 0.4) is 0 Å². The molecule has 2 amide bonds. The molecule has 0 saturated carbocycles. The van der Waals surface area contributed by atoms with Gasteiger partial charge in [-0.1, -0.05) is 6.07 Å². The minimum Gasteiger partial charge on any atom is -0.314 e. The summed E-state index contributed by atoms with van der Waals surface area (Å²) in [7, 11) is 4.71. The molecule has 0 spiro atoms. The van der Waals surface area contributed by atoms with E-state index >= 15 is 0 Å². The molecule has 0 fully saturated rings. The van der Waals surface area contributed by atoms with E-state index in [4.69, 9.17) is 4.84 Å². The summed E-state index contributed by atoms with van der Waals surface area (Å²) in [5.74, 6) is -0.206. The molecule has 0 atom stereocenters. The topological polar surface area (TPSA) is 49.9 Å². The average Bonchev–Trinajstić information content (AvgIpc) is 2.58. The van der Waals surface area contributed by atoms with E-state index < -0.39 is 5.41 Å². The zero-order chi connectivity index (χ0) is 14.4. The van der Waals surface area contributed by atoms with E-state index in [9.17, 15) is 9.59 Å². The minimum absolute atomic E-state index is 0.0344. The van der Waals surface area contributed by atoms with E-state index in [0.29, 0.717) is 5.56 Å². The van der Waals surface area contributed by atoms with E-state index in [1.54, 1.807) is 31.1 Å². The average molecular weight is 262 g/mol. The van der Waals surface area contributed by atoms with Crippen molar-refractivity contribution in [2.24, 2.45) is 0 Å². The molecular weight excluding hydrogens is 244 g/mol. The van der Waals surface area contributed by atoms with Crippen LogP contribution in [0.5, 0.6) is 0 Å². The van der Waals surface area contributed by atoms with Crippen LogP contribution in [-0.2, 0) is 15.0 Å². The first kappa shape index (κ1) is 13.5. The molecule has 1 aromatic rings. The maximum Gasteiger partial charge on any atom is 0.277 e. The third-order valence-corrected chi connectivity index (χ3v) is 3.68. The standard InChI is InChI=1S/C14H18N2O3/c1-14(2)10-7-6-9(12(17)16(4)19-5)8-11(10)15(3)13(14)18/h6-8H,1-5H3. The zero-order valence-corrected chi connectivity index (χ0v) is 11.9. The quantitative estimate of drug-likeness (QED) is 0.760. The lowest BCUT2D eigenvalue weighted by Crippen LogP contribution is -2.33. The van der Waals surface area contributed by atoms with Gasteiger partial charge in [-0.2, -0.15) is 0 Å². The van der Waals surface area contributed by atoms with Crippen molar-refractivity contribution in [2.75, 3.05) is 26.1 Å². The number of anilines is 1. The van der Waals surface area contributed by atoms with Gasteiger partial charge in [-0.05, 0) is 31.5 Å². The predicted octanol–water partition coefficient (Wildman–Crippen LogP) is 1.57. The summed E-state index contributed by atoms with van der Waals surface area (Å²) in [6, 6.07) is 5.30. The molecule has 0 bridgehead atoms. The number of likely N-dealkylation sites (N-methyl/N-ethyl adjacent to an activating group) is 1. The molecule has 0 N–H and O–H groups in total. The fourth-order valence-electron chi connectivity index (χ4n) is 2.38. The fourth-order valence-corrected chi connectivity index (χ4v) is 2.38. The van der Waals surface area contributed by atoms with Crippen molar-refractivity contribution in [1.82, 2.24) is 5.06 Å². The third kappa shape index (κ3) is 1.90. The fraction of sp³-hybridized carbons (Fsp3) is 0.429. The highest BCUT2D eigenvalue weighted by Gasteiger charge is 2.42. The largest absolute Gasteiger partial charge is 0.314 e. The zero-order valence-electron chi connectivity index (χ0n) is 11.9. The van der Waals surface area contributed by atoms with Crippen molar-refractivity contribution in [3.8, 4) is 0 Å². The summed E-state index contributed by atoms with van der Waals surface area (Å²) < 4.78 is 0. The summed E-state index contributed by atoms with van der Waals surface area (Å²) in [6.07, 6.45) is 0. The summed E-state index contributed by atoms with van der Waals surface area (Å²) >= 11 is 0. The SMILES string of the molecule is CON(C)C(=O)c1ccc2c(c1)N(C)C(=O)C2(C)C. The Morgan fingerprint density at radius 2 is 2.00 bits per heavy atom. The molecule has 1 aliphatic heterocycles. The Balaban J connectivity index is 2.48. The molecule has 0 saturated heterocycles. The van der Waals surface area contributed by atoms with Crippen molar-refractivity contribution in [3.63, 3.8) is 0 Å². The molecule has 19 heavy (non-hydrogen) atoms. The van der Waals surface area contributed by atoms with Gasteiger partial charge in [0.1, 0.15) is 0 Å². The molecule has 1 heterocycles. The molecule has 1 aliphatic rings. The molecule has 0 radical (unpaired) electrons. The number of hydrogen-bond acceptors (Lipinski definition) is 3. The number of hydrogen-bond donors (Lipinski definition) is 0. The van der Waals surface area contributed by atoms with Gasteiger partial charge in [0.25, 0.3) is 5.91 Å². The van der Waals surface area contributed by atoms with Crippen LogP contribution in [0.15, 0.2) is 18.2 Å². The van der Waals surface area contributed by atoms with Crippen LogP contribution < -0.4 is 4.90 Å². The van der Waals surface area contributed by atoms with Crippen molar-refractivity contribution in [2.45, 2.75) is 19.3 Å². The first-order valence-electron chi connectivity index (χ1n) is 6.05. The van der Waals surface area contributed by atoms with E-state index in [1.807, 2.05) is 19.9 Å². The summed E-state index contributed by atoms with van der Waals surface area (Å²) in [5, 5.41) is 1.16. The predicted molar refractivity (Wildman–Crippen MR) is 72.0 cm³/mol. The monoisotopic (exact) mass is 262 g/mol. The second-order valence-electron chi connectivity index (χ2n) is 5.21.